The van der Waals surface area contributed by atoms with Crippen molar-refractivity contribution in [2.24, 2.45) is 0 Å². The van der Waals surface area contributed by atoms with Crippen molar-refractivity contribution in [3.8, 4) is 0 Å². The molecule has 0 aliphatic heterocycles. The van der Waals surface area contributed by atoms with Crippen LogP contribution in [0.2, 0.25) is 0 Å². The van der Waals surface area contributed by atoms with Crippen LogP contribution in [0.4, 0.5) is 5.69 Å². The Kier molecular flexibility index (Phi) is 7.09. The van der Waals surface area contributed by atoms with Gasteiger partial charge in [0.25, 0.3) is 11.6 Å². The number of benzene rings is 1. The molecule has 0 radical (unpaired) electrons. The van der Waals surface area contributed by atoms with Crippen molar-refractivity contribution in [3.63, 3.8) is 0 Å². The van der Waals surface area contributed by atoms with Gasteiger partial charge >= 0.3 is 0 Å². The van der Waals surface area contributed by atoms with Crippen LogP contribution in [0.15, 0.2) is 55.3 Å². The standard InChI is InChI=1S/C17H19N3O4/c1-4-9-19(10-5-2)17(22)16(18-13(3)21)12-14-7-6-8-15(11-14)20(23)24/h4-8,11-12H,1-2,9-10H2,3H3,(H,18,21)/b16-12+. The Balaban J connectivity index is 3.24. The lowest BCUT2D eigenvalue weighted by molar-refractivity contribution is -0.384. The molecule has 0 aliphatic carbocycles. The first-order valence-electron chi connectivity index (χ1n) is 7.13. The van der Waals surface area contributed by atoms with Crippen LogP contribution in [0.25, 0.3) is 6.08 Å². The average Bonchev–Trinajstić information content (AvgIpc) is 2.53. The van der Waals surface area contributed by atoms with Gasteiger partial charge in [0.15, 0.2) is 0 Å². The maximum atomic E-state index is 12.6. The minimum atomic E-state index is -0.529. The second-order valence-electron chi connectivity index (χ2n) is 4.88. The van der Waals surface area contributed by atoms with E-state index < -0.39 is 16.7 Å². The third-order valence-electron chi connectivity index (χ3n) is 2.92. The van der Waals surface area contributed by atoms with Crippen LogP contribution in [0, 0.1) is 10.1 Å². The summed E-state index contributed by atoms with van der Waals surface area (Å²) >= 11 is 0. The normalized spacial score (nSPS) is 10.6. The van der Waals surface area contributed by atoms with Gasteiger partial charge in [0.05, 0.1) is 4.92 Å². The Bertz CT molecular complexity index is 685. The van der Waals surface area contributed by atoms with E-state index in [1.807, 2.05) is 0 Å². The highest BCUT2D eigenvalue weighted by atomic mass is 16.6. The number of nitrogens with one attached hydrogen (secondary N) is 1. The van der Waals surface area contributed by atoms with E-state index in [4.69, 9.17) is 0 Å². The summed E-state index contributed by atoms with van der Waals surface area (Å²) in [7, 11) is 0. The lowest BCUT2D eigenvalue weighted by atomic mass is 10.1. The van der Waals surface area contributed by atoms with Crippen molar-refractivity contribution in [2.75, 3.05) is 13.1 Å². The first-order valence-corrected chi connectivity index (χ1v) is 7.13. The van der Waals surface area contributed by atoms with Gasteiger partial charge in [0.1, 0.15) is 5.70 Å². The molecule has 0 unspecified atom stereocenters. The van der Waals surface area contributed by atoms with E-state index in [9.17, 15) is 19.7 Å². The molecule has 1 N–H and O–H groups in total. The van der Waals surface area contributed by atoms with Crippen molar-refractivity contribution in [1.29, 1.82) is 0 Å². The maximum absolute atomic E-state index is 12.6. The zero-order valence-electron chi connectivity index (χ0n) is 13.4. The molecule has 24 heavy (non-hydrogen) atoms. The van der Waals surface area contributed by atoms with Gasteiger partial charge in [-0.1, -0.05) is 24.3 Å². The topological polar surface area (TPSA) is 92.6 Å². The number of non-ortho nitro benzene ring substituents is 1. The summed E-state index contributed by atoms with van der Waals surface area (Å²) in [6, 6.07) is 5.78. The van der Waals surface area contributed by atoms with Crippen LogP contribution < -0.4 is 5.32 Å². The van der Waals surface area contributed by atoms with Crippen molar-refractivity contribution in [2.45, 2.75) is 6.92 Å². The zero-order valence-corrected chi connectivity index (χ0v) is 13.4. The van der Waals surface area contributed by atoms with Gasteiger partial charge in [0, 0.05) is 32.1 Å². The fourth-order valence-corrected chi connectivity index (χ4v) is 1.96. The summed E-state index contributed by atoms with van der Waals surface area (Å²) in [5.41, 5.74) is 0.345. The average molecular weight is 329 g/mol. The van der Waals surface area contributed by atoms with Crippen molar-refractivity contribution in [1.82, 2.24) is 10.2 Å². The number of nitro benzene ring substituents is 1. The number of hydrogen-bond acceptors (Lipinski definition) is 4. The Hall–Kier alpha value is -3.22. The summed E-state index contributed by atoms with van der Waals surface area (Å²) in [5.74, 6) is -0.853. The lowest BCUT2D eigenvalue weighted by Crippen LogP contribution is -2.38. The molecule has 0 spiro atoms. The predicted molar refractivity (Wildman–Crippen MR) is 91.9 cm³/mol. The molecule has 0 aliphatic rings. The van der Waals surface area contributed by atoms with E-state index >= 15 is 0 Å². The van der Waals surface area contributed by atoms with Crippen molar-refractivity contribution in [3.05, 3.63) is 71.0 Å². The summed E-state index contributed by atoms with van der Waals surface area (Å²) in [4.78, 5) is 35.7. The molecule has 7 nitrogen and oxygen atoms in total. The van der Waals surface area contributed by atoms with E-state index in [0.29, 0.717) is 5.56 Å². The number of nitro groups is 1. The van der Waals surface area contributed by atoms with Gasteiger partial charge in [-0.3, -0.25) is 19.7 Å². The van der Waals surface area contributed by atoms with E-state index in [0.717, 1.165) is 0 Å². The van der Waals surface area contributed by atoms with Crippen LogP contribution in [0.3, 0.4) is 0 Å². The second-order valence-corrected chi connectivity index (χ2v) is 4.88. The first kappa shape index (κ1) is 18.8. The van der Waals surface area contributed by atoms with Gasteiger partial charge in [-0.2, -0.15) is 0 Å². The Labute approximate surface area is 140 Å². The number of carbonyl (C=O) groups is 2. The molecule has 0 fully saturated rings. The molecule has 7 heteroatoms. The third kappa shape index (κ3) is 5.53. The van der Waals surface area contributed by atoms with Gasteiger partial charge in [0.2, 0.25) is 5.91 Å². The Morgan fingerprint density at radius 2 is 1.92 bits per heavy atom. The summed E-state index contributed by atoms with van der Waals surface area (Å²) in [6.07, 6.45) is 4.51. The van der Waals surface area contributed by atoms with Crippen LogP contribution in [-0.4, -0.2) is 34.7 Å². The van der Waals surface area contributed by atoms with E-state index in [1.54, 1.807) is 18.2 Å². The van der Waals surface area contributed by atoms with E-state index in [-0.39, 0.29) is 24.5 Å². The SMILES string of the molecule is C=CCN(CC=C)C(=O)/C(=C\c1cccc([N+](=O)[O-])c1)NC(C)=O. The van der Waals surface area contributed by atoms with Gasteiger partial charge < -0.3 is 10.2 Å². The molecule has 1 aromatic rings. The fraction of sp³-hybridized carbons (Fsp3) is 0.176. The van der Waals surface area contributed by atoms with Gasteiger partial charge in [-0.05, 0) is 11.6 Å². The zero-order chi connectivity index (χ0) is 18.1. The largest absolute Gasteiger partial charge is 0.330 e. The molecular formula is C17H19N3O4. The molecule has 126 valence electrons. The summed E-state index contributed by atoms with van der Waals surface area (Å²) < 4.78 is 0. The van der Waals surface area contributed by atoms with E-state index in [2.05, 4.69) is 18.5 Å². The molecule has 2 amide bonds. The molecule has 1 aromatic carbocycles. The number of carbonyl (C=O) groups excluding carboxylic acids is 2. The number of nitrogens with zero attached hydrogens (tertiary/aromatic N) is 2. The van der Waals surface area contributed by atoms with Crippen LogP contribution in [0.5, 0.6) is 0 Å². The minimum Gasteiger partial charge on any atom is -0.330 e. The predicted octanol–water partition coefficient (Wildman–Crippen LogP) is 2.27. The molecule has 0 saturated heterocycles. The Morgan fingerprint density at radius 1 is 1.29 bits per heavy atom. The molecule has 0 bridgehead atoms. The summed E-state index contributed by atoms with van der Waals surface area (Å²) in [5, 5.41) is 13.3. The number of rotatable bonds is 8. The van der Waals surface area contributed by atoms with Crippen molar-refractivity contribution >= 4 is 23.6 Å². The smallest absolute Gasteiger partial charge is 0.270 e. The first-order chi connectivity index (χ1) is 11.4. The van der Waals surface area contributed by atoms with Gasteiger partial charge in [-0.15, -0.1) is 13.2 Å². The Morgan fingerprint density at radius 3 is 2.42 bits per heavy atom. The molecular weight excluding hydrogens is 310 g/mol. The van der Waals surface area contributed by atoms with Crippen LogP contribution in [-0.2, 0) is 9.59 Å². The van der Waals surface area contributed by atoms with Gasteiger partial charge in [-0.25, -0.2) is 0 Å². The molecule has 0 saturated carbocycles. The highest BCUT2D eigenvalue weighted by Crippen LogP contribution is 2.16. The fourth-order valence-electron chi connectivity index (χ4n) is 1.96. The number of hydrogen-bond donors (Lipinski definition) is 1. The molecule has 1 rings (SSSR count). The highest BCUT2D eigenvalue weighted by molar-refractivity contribution is 6.01. The molecule has 0 aromatic heterocycles. The minimum absolute atomic E-state index is 0.0201. The molecule has 0 atom stereocenters. The molecule has 0 heterocycles. The van der Waals surface area contributed by atoms with E-state index in [1.165, 1.54) is 36.1 Å². The lowest BCUT2D eigenvalue weighted by Gasteiger charge is -2.21. The quantitative estimate of drug-likeness (QED) is 0.343. The van der Waals surface area contributed by atoms with Crippen LogP contribution in [0.1, 0.15) is 12.5 Å². The van der Waals surface area contributed by atoms with Crippen molar-refractivity contribution < 1.29 is 14.5 Å². The monoisotopic (exact) mass is 329 g/mol. The highest BCUT2D eigenvalue weighted by Gasteiger charge is 2.18. The second kappa shape index (κ2) is 9.04. The van der Waals surface area contributed by atoms with Crippen LogP contribution >= 0.6 is 0 Å². The summed E-state index contributed by atoms with van der Waals surface area (Å²) in [6.45, 7) is 9.01. The third-order valence-corrected chi connectivity index (χ3v) is 2.92. The maximum Gasteiger partial charge on any atom is 0.270 e. The number of amides is 2.